The van der Waals surface area contributed by atoms with Crippen LogP contribution in [0.3, 0.4) is 0 Å². The van der Waals surface area contributed by atoms with E-state index in [0.29, 0.717) is 13.2 Å². The Kier molecular flexibility index (Phi) is 8.23. The molecule has 0 saturated heterocycles. The number of ketones is 1. The average molecular weight is 353 g/mol. The Balaban J connectivity index is 1.64. The summed E-state index contributed by atoms with van der Waals surface area (Å²) >= 11 is 0. The Morgan fingerprint density at radius 2 is 1.88 bits per heavy atom. The topological polar surface area (TPSA) is 65.5 Å². The molecule has 1 heterocycles. The van der Waals surface area contributed by atoms with Crippen molar-refractivity contribution in [2.75, 3.05) is 19.8 Å². The number of benzene rings is 1. The fourth-order valence-corrected chi connectivity index (χ4v) is 2.29. The Hall–Kier alpha value is -2.79. The van der Waals surface area contributed by atoms with Crippen LogP contribution in [0.15, 0.2) is 54.9 Å². The smallest absolute Gasteiger partial charge is 0.313 e. The highest BCUT2D eigenvalue weighted by Gasteiger charge is 2.05. The zero-order valence-corrected chi connectivity index (χ0v) is 14.9. The molecule has 2 aromatic rings. The van der Waals surface area contributed by atoms with E-state index in [2.05, 4.69) is 35.3 Å². The quantitative estimate of drug-likeness (QED) is 0.373. The molecule has 0 saturated carbocycles. The maximum atomic E-state index is 11.2. The molecule has 0 bridgehead atoms. The van der Waals surface area contributed by atoms with E-state index in [9.17, 15) is 9.59 Å². The molecule has 5 heteroatoms. The molecule has 1 aromatic heterocycles. The van der Waals surface area contributed by atoms with Crippen LogP contribution in [-0.4, -0.2) is 36.6 Å². The largest absolute Gasteiger partial charge is 0.463 e. The molecule has 0 aliphatic heterocycles. The zero-order chi connectivity index (χ0) is 18.6. The first-order chi connectivity index (χ1) is 12.6. The van der Waals surface area contributed by atoms with E-state index in [-0.39, 0.29) is 18.8 Å². The van der Waals surface area contributed by atoms with Crippen molar-refractivity contribution in [3.63, 3.8) is 0 Å². The summed E-state index contributed by atoms with van der Waals surface area (Å²) in [7, 11) is 0. The van der Waals surface area contributed by atoms with E-state index in [4.69, 9.17) is 9.47 Å². The van der Waals surface area contributed by atoms with Crippen LogP contribution < -0.4 is 0 Å². The van der Waals surface area contributed by atoms with Crippen LogP contribution in [0.25, 0.3) is 6.08 Å². The number of rotatable bonds is 10. The summed E-state index contributed by atoms with van der Waals surface area (Å²) in [6.45, 7) is 2.25. The maximum Gasteiger partial charge on any atom is 0.313 e. The first-order valence-electron chi connectivity index (χ1n) is 8.50. The highest BCUT2D eigenvalue weighted by atomic mass is 16.6. The number of carbonyl (C=O) groups excluding carboxylic acids is 2. The second-order valence-corrected chi connectivity index (χ2v) is 5.86. The second kappa shape index (κ2) is 10.9. The second-order valence-electron chi connectivity index (χ2n) is 5.86. The molecule has 0 radical (unpaired) electrons. The SMILES string of the molecule is CC(=O)CC(=O)OCCOC/C=C/c1ccc(Cc2cccnc2)cc1. The van der Waals surface area contributed by atoms with E-state index in [1.165, 1.54) is 18.1 Å². The summed E-state index contributed by atoms with van der Waals surface area (Å²) in [5, 5.41) is 0. The Morgan fingerprint density at radius 3 is 2.58 bits per heavy atom. The molecule has 0 amide bonds. The van der Waals surface area contributed by atoms with Gasteiger partial charge in [0.05, 0.1) is 13.2 Å². The number of esters is 1. The van der Waals surface area contributed by atoms with Crippen LogP contribution in [0.5, 0.6) is 0 Å². The van der Waals surface area contributed by atoms with Gasteiger partial charge in [-0.05, 0) is 36.1 Å². The van der Waals surface area contributed by atoms with Gasteiger partial charge in [-0.15, -0.1) is 0 Å². The minimum absolute atomic E-state index is 0.156. The number of Topliss-reactive ketones (excluding diaryl/α,β-unsaturated/α-hetero) is 1. The van der Waals surface area contributed by atoms with Gasteiger partial charge in [0.2, 0.25) is 0 Å². The van der Waals surface area contributed by atoms with Crippen molar-refractivity contribution in [2.24, 2.45) is 0 Å². The molecule has 26 heavy (non-hydrogen) atoms. The molecule has 0 spiro atoms. The summed E-state index contributed by atoms with van der Waals surface area (Å²) in [5.41, 5.74) is 3.52. The molecule has 0 atom stereocenters. The van der Waals surface area contributed by atoms with Gasteiger partial charge in [-0.2, -0.15) is 0 Å². The number of nitrogens with zero attached hydrogens (tertiary/aromatic N) is 1. The van der Waals surface area contributed by atoms with Crippen molar-refractivity contribution in [1.82, 2.24) is 4.98 Å². The van der Waals surface area contributed by atoms with E-state index in [1.807, 2.05) is 24.4 Å². The minimum atomic E-state index is -0.511. The molecule has 0 fully saturated rings. The summed E-state index contributed by atoms with van der Waals surface area (Å²) in [4.78, 5) is 26.0. The van der Waals surface area contributed by atoms with Crippen LogP contribution in [0.4, 0.5) is 0 Å². The van der Waals surface area contributed by atoms with Crippen LogP contribution in [0, 0.1) is 0 Å². The first kappa shape index (κ1) is 19.5. The fourth-order valence-electron chi connectivity index (χ4n) is 2.29. The number of aromatic nitrogens is 1. The van der Waals surface area contributed by atoms with Crippen molar-refractivity contribution < 1.29 is 19.1 Å². The normalized spacial score (nSPS) is 10.8. The number of ether oxygens (including phenoxy) is 2. The van der Waals surface area contributed by atoms with Crippen molar-refractivity contribution in [2.45, 2.75) is 19.8 Å². The van der Waals surface area contributed by atoms with Gasteiger partial charge < -0.3 is 9.47 Å². The summed E-state index contributed by atoms with van der Waals surface area (Å²) in [6.07, 6.45) is 8.22. The third kappa shape index (κ3) is 7.85. The van der Waals surface area contributed by atoms with E-state index in [0.717, 1.165) is 12.0 Å². The van der Waals surface area contributed by atoms with Crippen LogP contribution >= 0.6 is 0 Å². The van der Waals surface area contributed by atoms with Gasteiger partial charge in [0.25, 0.3) is 0 Å². The lowest BCUT2D eigenvalue weighted by Crippen LogP contribution is -2.13. The van der Waals surface area contributed by atoms with Crippen LogP contribution in [0.1, 0.15) is 30.0 Å². The van der Waals surface area contributed by atoms with Gasteiger partial charge in [0.1, 0.15) is 18.8 Å². The molecular weight excluding hydrogens is 330 g/mol. The molecule has 0 N–H and O–H groups in total. The number of hydrogen-bond acceptors (Lipinski definition) is 5. The van der Waals surface area contributed by atoms with Gasteiger partial charge >= 0.3 is 5.97 Å². The average Bonchev–Trinajstić information content (AvgIpc) is 2.62. The van der Waals surface area contributed by atoms with Gasteiger partial charge in [-0.3, -0.25) is 14.6 Å². The third-order valence-electron chi connectivity index (χ3n) is 3.52. The lowest BCUT2D eigenvalue weighted by molar-refractivity contribution is -0.147. The molecule has 0 aliphatic carbocycles. The van der Waals surface area contributed by atoms with E-state index in [1.54, 1.807) is 6.20 Å². The van der Waals surface area contributed by atoms with Crippen molar-refractivity contribution in [1.29, 1.82) is 0 Å². The highest BCUT2D eigenvalue weighted by Crippen LogP contribution is 2.11. The molecular formula is C21H23NO4. The summed E-state index contributed by atoms with van der Waals surface area (Å²) < 4.78 is 10.2. The molecule has 136 valence electrons. The summed E-state index contributed by atoms with van der Waals surface area (Å²) in [5.74, 6) is -0.715. The van der Waals surface area contributed by atoms with Gasteiger partial charge in [-0.1, -0.05) is 42.5 Å². The van der Waals surface area contributed by atoms with E-state index < -0.39 is 5.97 Å². The molecule has 2 rings (SSSR count). The predicted octanol–water partition coefficient (Wildman–Crippen LogP) is 3.22. The van der Waals surface area contributed by atoms with Crippen molar-refractivity contribution >= 4 is 17.8 Å². The molecule has 5 nitrogen and oxygen atoms in total. The number of carbonyl (C=O) groups is 2. The van der Waals surface area contributed by atoms with Crippen LogP contribution in [-0.2, 0) is 25.5 Å². The van der Waals surface area contributed by atoms with E-state index >= 15 is 0 Å². The maximum absolute atomic E-state index is 11.2. The van der Waals surface area contributed by atoms with Gasteiger partial charge in [0, 0.05) is 12.4 Å². The number of hydrogen-bond donors (Lipinski definition) is 0. The highest BCUT2D eigenvalue weighted by molar-refractivity contribution is 5.94. The predicted molar refractivity (Wildman–Crippen MR) is 99.6 cm³/mol. The molecule has 0 aliphatic rings. The number of pyridine rings is 1. The Bertz CT molecular complexity index is 723. The van der Waals surface area contributed by atoms with Crippen LogP contribution in [0.2, 0.25) is 0 Å². The zero-order valence-electron chi connectivity index (χ0n) is 14.9. The monoisotopic (exact) mass is 353 g/mol. The molecule has 1 aromatic carbocycles. The Morgan fingerprint density at radius 1 is 1.08 bits per heavy atom. The molecule has 0 unspecified atom stereocenters. The summed E-state index contributed by atoms with van der Waals surface area (Å²) in [6, 6.07) is 12.3. The van der Waals surface area contributed by atoms with Gasteiger partial charge in [0.15, 0.2) is 0 Å². The van der Waals surface area contributed by atoms with Crippen molar-refractivity contribution in [3.05, 3.63) is 71.6 Å². The standard InChI is InChI=1S/C21H23NO4/c1-17(23)14-21(24)26-13-12-25-11-3-5-18-6-8-19(9-7-18)15-20-4-2-10-22-16-20/h2-10,16H,11-15H2,1H3/b5-3+. The lowest BCUT2D eigenvalue weighted by Gasteiger charge is -2.04. The van der Waals surface area contributed by atoms with Crippen molar-refractivity contribution in [3.8, 4) is 0 Å². The first-order valence-corrected chi connectivity index (χ1v) is 8.50. The van der Waals surface area contributed by atoms with Gasteiger partial charge in [-0.25, -0.2) is 0 Å². The fraction of sp³-hybridized carbons (Fsp3) is 0.286. The lowest BCUT2D eigenvalue weighted by atomic mass is 10.0. The minimum Gasteiger partial charge on any atom is -0.463 e. The third-order valence-corrected chi connectivity index (χ3v) is 3.52. The Labute approximate surface area is 153 Å².